The molecule has 6 heteroatoms. The summed E-state index contributed by atoms with van der Waals surface area (Å²) in [5, 5.41) is 9.06. The summed E-state index contributed by atoms with van der Waals surface area (Å²) in [5.74, 6) is 0.773. The average molecular weight is 278 g/mol. The van der Waals surface area contributed by atoms with Gasteiger partial charge in [-0.1, -0.05) is 0 Å². The Hall–Kier alpha value is -1.69. The smallest absolute Gasteiger partial charge is 0.317 e. The van der Waals surface area contributed by atoms with E-state index in [4.69, 9.17) is 5.11 Å². The second kappa shape index (κ2) is 5.36. The number of nitrogens with zero attached hydrogens (tertiary/aromatic N) is 4. The van der Waals surface area contributed by atoms with Crippen molar-refractivity contribution in [3.63, 3.8) is 0 Å². The van der Waals surface area contributed by atoms with Crippen LogP contribution in [-0.4, -0.2) is 53.1 Å². The van der Waals surface area contributed by atoms with Gasteiger partial charge < -0.3 is 10.0 Å². The molecule has 2 heterocycles. The van der Waals surface area contributed by atoms with Crippen LogP contribution in [0.25, 0.3) is 0 Å². The lowest BCUT2D eigenvalue weighted by Crippen LogP contribution is -2.43. The van der Waals surface area contributed by atoms with Crippen LogP contribution in [0, 0.1) is 6.92 Å². The molecular formula is C14H22N4O2. The van der Waals surface area contributed by atoms with E-state index in [0.29, 0.717) is 0 Å². The maximum atomic E-state index is 11.0. The second-order valence-corrected chi connectivity index (χ2v) is 5.78. The standard InChI is InChI=1S/C14H22N4O2/c1-10-8-11(17(3)4)16-13(15-10)14(2)6-5-7-18(14)9-12(19)20/h8H,5-7,9H2,1-4H3,(H,19,20)/t14-/m1/s1. The third-order valence-electron chi connectivity index (χ3n) is 3.90. The molecule has 0 aromatic carbocycles. The third-order valence-corrected chi connectivity index (χ3v) is 3.90. The van der Waals surface area contributed by atoms with E-state index >= 15 is 0 Å². The molecule has 1 aromatic heterocycles. The summed E-state index contributed by atoms with van der Waals surface area (Å²) in [6.07, 6.45) is 1.86. The fraction of sp³-hybridized carbons (Fsp3) is 0.643. The van der Waals surface area contributed by atoms with Crippen molar-refractivity contribution in [3.05, 3.63) is 17.6 Å². The van der Waals surface area contributed by atoms with Crippen LogP contribution in [0.4, 0.5) is 5.82 Å². The number of hydrogen-bond acceptors (Lipinski definition) is 5. The van der Waals surface area contributed by atoms with Gasteiger partial charge in [0.05, 0.1) is 12.1 Å². The number of likely N-dealkylation sites (tertiary alicyclic amines) is 1. The molecule has 1 aliphatic heterocycles. The molecule has 2 rings (SSSR count). The first-order chi connectivity index (χ1) is 9.33. The quantitative estimate of drug-likeness (QED) is 0.894. The number of rotatable bonds is 4. The fourth-order valence-corrected chi connectivity index (χ4v) is 2.71. The Labute approximate surface area is 119 Å². The van der Waals surface area contributed by atoms with Gasteiger partial charge in [0.25, 0.3) is 0 Å². The summed E-state index contributed by atoms with van der Waals surface area (Å²) in [7, 11) is 3.88. The molecule has 1 aliphatic rings. The minimum atomic E-state index is -0.807. The zero-order valence-electron chi connectivity index (χ0n) is 12.6. The number of carboxylic acids is 1. The van der Waals surface area contributed by atoms with Gasteiger partial charge in [0.1, 0.15) is 5.82 Å². The Morgan fingerprint density at radius 1 is 1.50 bits per heavy atom. The first-order valence-corrected chi connectivity index (χ1v) is 6.83. The maximum absolute atomic E-state index is 11.0. The SMILES string of the molecule is Cc1cc(N(C)C)nc([C@@]2(C)CCCN2CC(=O)O)n1. The van der Waals surface area contributed by atoms with Crippen LogP contribution in [0.3, 0.4) is 0 Å². The molecule has 0 saturated carbocycles. The first-order valence-electron chi connectivity index (χ1n) is 6.83. The Morgan fingerprint density at radius 2 is 2.20 bits per heavy atom. The van der Waals surface area contributed by atoms with Gasteiger partial charge in [-0.15, -0.1) is 0 Å². The van der Waals surface area contributed by atoms with Crippen molar-refractivity contribution in [2.75, 3.05) is 32.1 Å². The van der Waals surface area contributed by atoms with E-state index < -0.39 is 11.5 Å². The maximum Gasteiger partial charge on any atom is 0.317 e. The first kappa shape index (κ1) is 14.7. The molecule has 0 bridgehead atoms. The van der Waals surface area contributed by atoms with Gasteiger partial charge in [0.2, 0.25) is 0 Å². The van der Waals surface area contributed by atoms with Gasteiger partial charge in [-0.05, 0) is 33.2 Å². The number of carboxylic acid groups (broad SMARTS) is 1. The molecule has 1 atom stereocenters. The Bertz CT molecular complexity index is 518. The van der Waals surface area contributed by atoms with E-state index in [1.165, 1.54) is 0 Å². The Balaban J connectivity index is 2.40. The highest BCUT2D eigenvalue weighted by Crippen LogP contribution is 2.37. The fourth-order valence-electron chi connectivity index (χ4n) is 2.71. The van der Waals surface area contributed by atoms with Gasteiger partial charge in [-0.25, -0.2) is 9.97 Å². The van der Waals surface area contributed by atoms with Crippen molar-refractivity contribution in [1.29, 1.82) is 0 Å². The summed E-state index contributed by atoms with van der Waals surface area (Å²) < 4.78 is 0. The molecule has 1 saturated heterocycles. The molecule has 20 heavy (non-hydrogen) atoms. The van der Waals surface area contributed by atoms with Crippen molar-refractivity contribution in [3.8, 4) is 0 Å². The van der Waals surface area contributed by atoms with Crippen LogP contribution in [-0.2, 0) is 10.3 Å². The average Bonchev–Trinajstić information content (AvgIpc) is 2.70. The van der Waals surface area contributed by atoms with Crippen LogP contribution in [0.2, 0.25) is 0 Å². The summed E-state index contributed by atoms with van der Waals surface area (Å²) in [4.78, 5) is 24.1. The number of aryl methyl sites for hydroxylation is 1. The summed E-state index contributed by atoms with van der Waals surface area (Å²) in [5.41, 5.74) is 0.511. The molecule has 0 radical (unpaired) electrons. The molecule has 6 nitrogen and oxygen atoms in total. The number of hydrogen-bond donors (Lipinski definition) is 1. The molecule has 110 valence electrons. The number of carbonyl (C=O) groups is 1. The molecule has 0 unspecified atom stereocenters. The summed E-state index contributed by atoms with van der Waals surface area (Å²) in [6.45, 7) is 4.79. The normalized spacial score (nSPS) is 23.0. The van der Waals surface area contributed by atoms with Crippen molar-refractivity contribution in [2.24, 2.45) is 0 Å². The molecule has 0 amide bonds. The monoisotopic (exact) mass is 278 g/mol. The number of anilines is 1. The highest BCUT2D eigenvalue weighted by atomic mass is 16.4. The van der Waals surface area contributed by atoms with Crippen molar-refractivity contribution < 1.29 is 9.90 Å². The molecular weight excluding hydrogens is 256 g/mol. The molecule has 0 spiro atoms. The summed E-state index contributed by atoms with van der Waals surface area (Å²) >= 11 is 0. The zero-order chi connectivity index (χ0) is 14.9. The number of aliphatic carboxylic acids is 1. The van der Waals surface area contributed by atoms with Gasteiger partial charge in [-0.3, -0.25) is 9.69 Å². The van der Waals surface area contributed by atoms with Crippen LogP contribution >= 0.6 is 0 Å². The molecule has 1 fully saturated rings. The highest BCUT2D eigenvalue weighted by molar-refractivity contribution is 5.69. The van der Waals surface area contributed by atoms with E-state index in [-0.39, 0.29) is 6.54 Å². The van der Waals surface area contributed by atoms with Gasteiger partial charge in [-0.2, -0.15) is 0 Å². The van der Waals surface area contributed by atoms with Gasteiger partial charge in [0.15, 0.2) is 5.82 Å². The zero-order valence-corrected chi connectivity index (χ0v) is 12.6. The Kier molecular flexibility index (Phi) is 3.94. The van der Waals surface area contributed by atoms with Crippen molar-refractivity contribution >= 4 is 11.8 Å². The topological polar surface area (TPSA) is 69.6 Å². The van der Waals surface area contributed by atoms with Crippen molar-refractivity contribution in [1.82, 2.24) is 14.9 Å². The molecule has 1 N–H and O–H groups in total. The summed E-state index contributed by atoms with van der Waals surface area (Å²) in [6, 6.07) is 1.93. The van der Waals surface area contributed by atoms with E-state index in [0.717, 1.165) is 36.7 Å². The predicted molar refractivity (Wildman–Crippen MR) is 76.9 cm³/mol. The largest absolute Gasteiger partial charge is 0.480 e. The van der Waals surface area contributed by atoms with Crippen LogP contribution in [0.15, 0.2) is 6.07 Å². The van der Waals surface area contributed by atoms with Crippen LogP contribution < -0.4 is 4.90 Å². The second-order valence-electron chi connectivity index (χ2n) is 5.78. The van der Waals surface area contributed by atoms with E-state index in [2.05, 4.69) is 9.97 Å². The minimum absolute atomic E-state index is 0.0328. The highest BCUT2D eigenvalue weighted by Gasteiger charge is 2.41. The van der Waals surface area contributed by atoms with Gasteiger partial charge >= 0.3 is 5.97 Å². The van der Waals surface area contributed by atoms with Crippen LogP contribution in [0.5, 0.6) is 0 Å². The van der Waals surface area contributed by atoms with Gasteiger partial charge in [0, 0.05) is 25.9 Å². The van der Waals surface area contributed by atoms with E-state index in [1.807, 2.05) is 43.8 Å². The Morgan fingerprint density at radius 3 is 2.80 bits per heavy atom. The lowest BCUT2D eigenvalue weighted by molar-refractivity contribution is -0.139. The molecule has 0 aliphatic carbocycles. The third kappa shape index (κ3) is 2.75. The van der Waals surface area contributed by atoms with E-state index in [1.54, 1.807) is 0 Å². The lowest BCUT2D eigenvalue weighted by Gasteiger charge is -2.33. The predicted octanol–water partition coefficient (Wildman–Crippen LogP) is 1.25. The minimum Gasteiger partial charge on any atom is -0.480 e. The number of aromatic nitrogens is 2. The van der Waals surface area contributed by atoms with E-state index in [9.17, 15) is 4.79 Å². The lowest BCUT2D eigenvalue weighted by atomic mass is 9.97. The van der Waals surface area contributed by atoms with Crippen molar-refractivity contribution in [2.45, 2.75) is 32.2 Å². The molecule has 1 aromatic rings. The van der Waals surface area contributed by atoms with Crippen LogP contribution in [0.1, 0.15) is 31.3 Å².